The van der Waals surface area contributed by atoms with Gasteiger partial charge in [0.25, 0.3) is 0 Å². The summed E-state index contributed by atoms with van der Waals surface area (Å²) in [5.74, 6) is -0.264. The summed E-state index contributed by atoms with van der Waals surface area (Å²) in [6.45, 7) is 3.11. The number of esters is 1. The van der Waals surface area contributed by atoms with Crippen LogP contribution in [0.3, 0.4) is 0 Å². The molecule has 0 saturated carbocycles. The Morgan fingerprint density at radius 3 is 2.52 bits per heavy atom. The molecule has 0 aliphatic carbocycles. The number of carbonyl (C=O) groups excluding carboxylic acids is 1. The van der Waals surface area contributed by atoms with Gasteiger partial charge >= 0.3 is 5.97 Å². The number of benzene rings is 2. The molecule has 0 amide bonds. The zero-order valence-corrected chi connectivity index (χ0v) is 14.0. The number of aryl methyl sites for hydroxylation is 1. The van der Waals surface area contributed by atoms with Gasteiger partial charge in [0.05, 0.1) is 0 Å². The van der Waals surface area contributed by atoms with Crippen LogP contribution in [0.4, 0.5) is 5.69 Å². The monoisotopic (exact) mass is 312 g/mol. The molecule has 4 heteroatoms. The molecule has 2 rings (SSSR count). The second-order valence-corrected chi connectivity index (χ2v) is 5.83. The molecule has 0 aromatic heterocycles. The molecule has 2 aromatic rings. The van der Waals surface area contributed by atoms with Crippen molar-refractivity contribution in [3.05, 3.63) is 65.7 Å². The molecule has 23 heavy (non-hydrogen) atoms. The van der Waals surface area contributed by atoms with Crippen LogP contribution in [0.15, 0.2) is 54.6 Å². The predicted octanol–water partition coefficient (Wildman–Crippen LogP) is 3.25. The molecule has 0 fully saturated rings. The average Bonchev–Trinajstić information content (AvgIpc) is 2.53. The van der Waals surface area contributed by atoms with E-state index >= 15 is 0 Å². The van der Waals surface area contributed by atoms with E-state index in [2.05, 4.69) is 5.32 Å². The number of ether oxygens (including phenoxy) is 1. The van der Waals surface area contributed by atoms with Gasteiger partial charge in [-0.25, -0.2) is 4.79 Å². The average molecular weight is 312 g/mol. The lowest BCUT2D eigenvalue weighted by Crippen LogP contribution is -2.26. The number of anilines is 1. The minimum Gasteiger partial charge on any atom is -0.463 e. The van der Waals surface area contributed by atoms with Gasteiger partial charge in [-0.05, 0) is 44.3 Å². The Kier molecular flexibility index (Phi) is 6.18. The molecule has 0 radical (unpaired) electrons. The van der Waals surface area contributed by atoms with E-state index in [4.69, 9.17) is 4.74 Å². The molecule has 1 N–H and O–H groups in total. The number of hydrogen-bond acceptors (Lipinski definition) is 4. The first kappa shape index (κ1) is 17.0. The number of nitrogens with one attached hydrogen (secondary N) is 1. The summed E-state index contributed by atoms with van der Waals surface area (Å²) >= 11 is 0. The fraction of sp³-hybridized carbons (Fsp3) is 0.316. The maximum Gasteiger partial charge on any atom is 0.333 e. The largest absolute Gasteiger partial charge is 0.463 e. The minimum absolute atomic E-state index is 0.264. The van der Waals surface area contributed by atoms with E-state index in [1.807, 2.05) is 80.5 Å². The number of rotatable bonds is 7. The van der Waals surface area contributed by atoms with Crippen LogP contribution in [-0.4, -0.2) is 38.1 Å². The maximum absolute atomic E-state index is 12.5. The van der Waals surface area contributed by atoms with Gasteiger partial charge in [0, 0.05) is 12.2 Å². The quantitative estimate of drug-likeness (QED) is 0.797. The summed E-state index contributed by atoms with van der Waals surface area (Å²) in [6, 6.07) is 17.1. The van der Waals surface area contributed by atoms with Crippen molar-refractivity contribution in [2.75, 3.05) is 32.6 Å². The van der Waals surface area contributed by atoms with E-state index in [0.717, 1.165) is 16.8 Å². The molecular weight excluding hydrogens is 288 g/mol. The van der Waals surface area contributed by atoms with Crippen molar-refractivity contribution in [1.29, 1.82) is 0 Å². The molecule has 4 nitrogen and oxygen atoms in total. The van der Waals surface area contributed by atoms with Crippen LogP contribution in [0.25, 0.3) is 0 Å². The van der Waals surface area contributed by atoms with Crippen LogP contribution in [0, 0.1) is 6.92 Å². The Morgan fingerprint density at radius 2 is 1.87 bits per heavy atom. The third kappa shape index (κ3) is 5.42. The molecule has 0 spiro atoms. The number of hydrogen-bond donors (Lipinski definition) is 1. The zero-order chi connectivity index (χ0) is 16.7. The highest BCUT2D eigenvalue weighted by molar-refractivity contribution is 5.81. The number of nitrogens with zero attached hydrogens (tertiary/aromatic N) is 1. The summed E-state index contributed by atoms with van der Waals surface area (Å²) in [5, 5.41) is 3.29. The van der Waals surface area contributed by atoms with Crippen molar-refractivity contribution in [3.63, 3.8) is 0 Å². The lowest BCUT2D eigenvalue weighted by Gasteiger charge is -2.20. The Hall–Kier alpha value is -2.33. The first-order chi connectivity index (χ1) is 11.1. The molecule has 0 aliphatic heterocycles. The van der Waals surface area contributed by atoms with Gasteiger partial charge in [-0.1, -0.05) is 42.5 Å². The molecule has 1 atom stereocenters. The normalized spacial score (nSPS) is 12.0. The Labute approximate surface area is 138 Å². The Morgan fingerprint density at radius 1 is 1.13 bits per heavy atom. The lowest BCUT2D eigenvalue weighted by atomic mass is 10.1. The Balaban J connectivity index is 2.13. The van der Waals surface area contributed by atoms with E-state index in [0.29, 0.717) is 13.2 Å². The van der Waals surface area contributed by atoms with E-state index < -0.39 is 6.04 Å². The number of likely N-dealkylation sites (N-methyl/N-ethyl adjacent to an activating group) is 1. The first-order valence-corrected chi connectivity index (χ1v) is 7.76. The van der Waals surface area contributed by atoms with Crippen LogP contribution in [-0.2, 0) is 9.53 Å². The molecule has 1 unspecified atom stereocenters. The van der Waals surface area contributed by atoms with Gasteiger partial charge in [0.2, 0.25) is 0 Å². The molecule has 0 heterocycles. The highest BCUT2D eigenvalue weighted by Crippen LogP contribution is 2.21. The fourth-order valence-corrected chi connectivity index (χ4v) is 2.24. The topological polar surface area (TPSA) is 41.6 Å². The van der Waals surface area contributed by atoms with Crippen molar-refractivity contribution >= 4 is 11.7 Å². The van der Waals surface area contributed by atoms with Crippen LogP contribution in [0.5, 0.6) is 0 Å². The van der Waals surface area contributed by atoms with E-state index in [9.17, 15) is 4.79 Å². The molecule has 0 bridgehead atoms. The Bertz CT molecular complexity index is 626. The summed E-state index contributed by atoms with van der Waals surface area (Å²) in [7, 11) is 3.90. The van der Waals surface area contributed by atoms with Gasteiger partial charge in [-0.15, -0.1) is 0 Å². The zero-order valence-electron chi connectivity index (χ0n) is 14.0. The van der Waals surface area contributed by atoms with E-state index in [1.165, 1.54) is 0 Å². The molecular formula is C19H24N2O2. The molecule has 122 valence electrons. The third-order valence-electron chi connectivity index (χ3n) is 3.48. The lowest BCUT2D eigenvalue weighted by molar-refractivity contribution is -0.145. The van der Waals surface area contributed by atoms with Crippen LogP contribution in [0.1, 0.15) is 17.2 Å². The molecule has 0 aliphatic rings. The van der Waals surface area contributed by atoms with Gasteiger partial charge in [0.1, 0.15) is 6.61 Å². The van der Waals surface area contributed by atoms with Crippen molar-refractivity contribution in [2.24, 2.45) is 0 Å². The molecule has 0 saturated heterocycles. The van der Waals surface area contributed by atoms with Gasteiger partial charge in [-0.3, -0.25) is 0 Å². The van der Waals surface area contributed by atoms with Crippen LogP contribution in [0.2, 0.25) is 0 Å². The summed E-state index contributed by atoms with van der Waals surface area (Å²) < 4.78 is 5.43. The van der Waals surface area contributed by atoms with E-state index in [1.54, 1.807) is 0 Å². The fourth-order valence-electron chi connectivity index (χ4n) is 2.24. The molecule has 2 aromatic carbocycles. The van der Waals surface area contributed by atoms with E-state index in [-0.39, 0.29) is 5.97 Å². The summed E-state index contributed by atoms with van der Waals surface area (Å²) in [5.41, 5.74) is 2.94. The maximum atomic E-state index is 12.5. The van der Waals surface area contributed by atoms with Crippen molar-refractivity contribution < 1.29 is 9.53 Å². The van der Waals surface area contributed by atoms with Crippen molar-refractivity contribution in [2.45, 2.75) is 13.0 Å². The van der Waals surface area contributed by atoms with Crippen LogP contribution < -0.4 is 5.32 Å². The van der Waals surface area contributed by atoms with Gasteiger partial charge in [0.15, 0.2) is 6.04 Å². The van der Waals surface area contributed by atoms with Crippen molar-refractivity contribution in [1.82, 2.24) is 4.90 Å². The first-order valence-electron chi connectivity index (χ1n) is 7.76. The van der Waals surface area contributed by atoms with Gasteiger partial charge in [-0.2, -0.15) is 0 Å². The standard InChI is InChI=1S/C19H24N2O2/c1-15-8-7-11-17(14-15)20-18(16-9-5-4-6-10-16)19(22)23-13-12-21(2)3/h4-11,14,18,20H,12-13H2,1-3H3. The minimum atomic E-state index is -0.514. The number of carbonyl (C=O) groups is 1. The predicted molar refractivity (Wildman–Crippen MR) is 93.5 cm³/mol. The second-order valence-electron chi connectivity index (χ2n) is 5.83. The summed E-state index contributed by atoms with van der Waals surface area (Å²) in [6.07, 6.45) is 0. The SMILES string of the molecule is Cc1cccc(NC(C(=O)OCCN(C)C)c2ccccc2)c1. The highest BCUT2D eigenvalue weighted by Gasteiger charge is 2.22. The second kappa shape index (κ2) is 8.34. The van der Waals surface area contributed by atoms with Crippen molar-refractivity contribution in [3.8, 4) is 0 Å². The third-order valence-corrected chi connectivity index (χ3v) is 3.48. The summed E-state index contributed by atoms with van der Waals surface area (Å²) in [4.78, 5) is 14.5. The van der Waals surface area contributed by atoms with Gasteiger partial charge < -0.3 is 15.0 Å². The highest BCUT2D eigenvalue weighted by atomic mass is 16.5. The van der Waals surface area contributed by atoms with Crippen LogP contribution >= 0.6 is 0 Å². The smallest absolute Gasteiger partial charge is 0.333 e.